The van der Waals surface area contributed by atoms with E-state index < -0.39 is 10.8 Å². The molecule has 4 fully saturated rings. The number of Topliss-reactive ketones (excluding diaryl/α,β-unsaturated/α-hetero) is 2. The summed E-state index contributed by atoms with van der Waals surface area (Å²) in [5.74, 6) is 0.458. The first-order valence-corrected chi connectivity index (χ1v) is 14.0. The zero-order valence-electron chi connectivity index (χ0n) is 23.2. The lowest BCUT2D eigenvalue weighted by molar-refractivity contribution is -0.199. The number of ether oxygens (including phenoxy) is 1. The van der Waals surface area contributed by atoms with Crippen LogP contribution in [0.5, 0.6) is 0 Å². The summed E-state index contributed by atoms with van der Waals surface area (Å²) in [5.41, 5.74) is -1.24. The third kappa shape index (κ3) is 3.15. The van der Waals surface area contributed by atoms with E-state index in [0.29, 0.717) is 12.2 Å². The predicted octanol–water partition coefficient (Wildman–Crippen LogP) is 6.07. The molecule has 5 nitrogen and oxygen atoms in total. The predicted molar refractivity (Wildman–Crippen MR) is 136 cm³/mol. The molecular weight excluding hydrogens is 450 g/mol. The monoisotopic (exact) mass is 493 g/mol. The number of hydrogen-bond acceptors (Lipinski definition) is 5. The van der Waals surface area contributed by atoms with Crippen molar-refractivity contribution in [3.63, 3.8) is 0 Å². The van der Waals surface area contributed by atoms with Crippen LogP contribution in [0.1, 0.15) is 92.9 Å². The van der Waals surface area contributed by atoms with E-state index in [2.05, 4.69) is 33.8 Å². The maximum Gasteiger partial charge on any atom is 0.312 e. The molecule has 5 heteroatoms. The highest BCUT2D eigenvalue weighted by Crippen LogP contribution is 2.71. The van der Waals surface area contributed by atoms with Gasteiger partial charge in [-0.05, 0) is 84.9 Å². The van der Waals surface area contributed by atoms with Gasteiger partial charge in [-0.25, -0.2) is 0 Å². The quantitative estimate of drug-likeness (QED) is 0.414. The molecule has 5 aliphatic carbocycles. The molecule has 0 amide bonds. The summed E-state index contributed by atoms with van der Waals surface area (Å²) >= 11 is 0. The van der Waals surface area contributed by atoms with E-state index in [9.17, 15) is 19.6 Å². The molecule has 8 atom stereocenters. The normalized spacial score (nSPS) is 46.7. The molecule has 0 aliphatic heterocycles. The van der Waals surface area contributed by atoms with Crippen LogP contribution in [0.3, 0.4) is 0 Å². The van der Waals surface area contributed by atoms with Gasteiger partial charge in [0.2, 0.25) is 0 Å². The summed E-state index contributed by atoms with van der Waals surface area (Å²) in [6.07, 6.45) is 8.66. The van der Waals surface area contributed by atoms with Crippen molar-refractivity contribution < 1.29 is 19.1 Å². The number of nitrogens with zero attached hydrogens (tertiary/aromatic N) is 1. The van der Waals surface area contributed by atoms with Crippen molar-refractivity contribution in [3.05, 3.63) is 11.6 Å². The first kappa shape index (κ1) is 25.7. The molecule has 8 unspecified atom stereocenters. The van der Waals surface area contributed by atoms with E-state index >= 15 is 0 Å². The number of allylic oxidation sites excluding steroid dienone is 2. The Bertz CT molecular complexity index is 1090. The van der Waals surface area contributed by atoms with Crippen LogP contribution in [-0.2, 0) is 19.1 Å². The van der Waals surface area contributed by atoms with Gasteiger partial charge in [0, 0.05) is 17.8 Å². The molecule has 0 saturated heterocycles. The van der Waals surface area contributed by atoms with Crippen molar-refractivity contribution in [2.45, 2.75) is 92.9 Å². The van der Waals surface area contributed by atoms with Crippen LogP contribution in [0.4, 0.5) is 0 Å². The van der Waals surface area contributed by atoms with Crippen LogP contribution < -0.4 is 0 Å². The molecule has 0 N–H and O–H groups in total. The molecule has 5 rings (SSSR count). The Morgan fingerprint density at radius 1 is 0.972 bits per heavy atom. The number of fused-ring (bicyclic) bond motifs is 7. The number of ketones is 2. The number of nitriles is 1. The van der Waals surface area contributed by atoms with Crippen LogP contribution in [0.15, 0.2) is 11.6 Å². The Balaban J connectivity index is 1.60. The molecular formula is C31H43NO4. The van der Waals surface area contributed by atoms with E-state index in [-0.39, 0.29) is 63.2 Å². The van der Waals surface area contributed by atoms with Gasteiger partial charge < -0.3 is 4.74 Å². The number of methoxy groups -OCH3 is 1. The van der Waals surface area contributed by atoms with E-state index in [1.54, 1.807) is 0 Å². The summed E-state index contributed by atoms with van der Waals surface area (Å²) in [4.78, 5) is 40.7. The second-order valence-corrected chi connectivity index (χ2v) is 14.7. The van der Waals surface area contributed by atoms with Crippen LogP contribution >= 0.6 is 0 Å². The van der Waals surface area contributed by atoms with E-state index in [1.165, 1.54) is 7.11 Å². The molecule has 5 aliphatic rings. The SMILES string of the molecule is COC(=O)C12CCC3C(C(=O)CC4C5(C)C=C(C#N)C(=O)C(C)(C)C5CCC34C)C1CC(C)(C)CC2. The Hall–Kier alpha value is -1.96. The summed E-state index contributed by atoms with van der Waals surface area (Å²) in [5, 5.41) is 9.83. The van der Waals surface area contributed by atoms with Gasteiger partial charge in [0.05, 0.1) is 18.1 Å². The average Bonchev–Trinajstić information content (AvgIpc) is 2.81. The largest absolute Gasteiger partial charge is 0.469 e. The van der Waals surface area contributed by atoms with E-state index in [1.807, 2.05) is 19.9 Å². The zero-order valence-corrected chi connectivity index (χ0v) is 23.2. The van der Waals surface area contributed by atoms with Crippen molar-refractivity contribution in [2.24, 2.45) is 56.7 Å². The highest BCUT2D eigenvalue weighted by atomic mass is 16.5. The first-order valence-electron chi connectivity index (χ1n) is 14.0. The van der Waals surface area contributed by atoms with Crippen molar-refractivity contribution in [3.8, 4) is 6.07 Å². The van der Waals surface area contributed by atoms with Crippen LogP contribution in [0.25, 0.3) is 0 Å². The summed E-state index contributed by atoms with van der Waals surface area (Å²) < 4.78 is 5.39. The highest BCUT2D eigenvalue weighted by Gasteiger charge is 2.69. The second kappa shape index (κ2) is 7.78. The Morgan fingerprint density at radius 2 is 1.67 bits per heavy atom. The standard InChI is InChI=1S/C31H43NO4/c1-27(2)12-13-31(26(35)36-7)11-8-19-24(20(31)16-27)21(33)14-23-29(19,5)10-9-22-28(3,4)25(34)18(17-32)15-30(22,23)6/h15,19-20,22-24H,8-14,16H2,1-7H3. The molecule has 4 saturated carbocycles. The van der Waals surface area contributed by atoms with Gasteiger partial charge >= 0.3 is 5.97 Å². The van der Waals surface area contributed by atoms with Crippen LogP contribution in [0, 0.1) is 68.0 Å². The number of hydrogen-bond donors (Lipinski definition) is 0. The molecule has 0 bridgehead atoms. The summed E-state index contributed by atoms with van der Waals surface area (Å²) in [6, 6.07) is 2.19. The third-order valence-electron chi connectivity index (χ3n) is 12.3. The number of rotatable bonds is 1. The second-order valence-electron chi connectivity index (χ2n) is 14.7. The van der Waals surface area contributed by atoms with Gasteiger partial charge in [0.15, 0.2) is 5.78 Å². The smallest absolute Gasteiger partial charge is 0.312 e. The Kier molecular flexibility index (Phi) is 5.55. The molecule has 0 heterocycles. The lowest BCUT2D eigenvalue weighted by Gasteiger charge is -2.67. The van der Waals surface area contributed by atoms with Crippen molar-refractivity contribution in [2.75, 3.05) is 7.11 Å². The third-order valence-corrected chi connectivity index (χ3v) is 12.3. The van der Waals surface area contributed by atoms with E-state index in [4.69, 9.17) is 4.74 Å². The zero-order chi connectivity index (χ0) is 26.5. The number of esters is 1. The minimum absolute atomic E-state index is 0.0258. The molecule has 0 aromatic rings. The fourth-order valence-corrected chi connectivity index (χ4v) is 10.5. The summed E-state index contributed by atoms with van der Waals surface area (Å²) in [7, 11) is 1.49. The maximum absolute atomic E-state index is 14.2. The van der Waals surface area contributed by atoms with Crippen molar-refractivity contribution >= 4 is 17.5 Å². The van der Waals surface area contributed by atoms with Gasteiger partial charge in [-0.15, -0.1) is 0 Å². The minimum atomic E-state index is -0.615. The first-order chi connectivity index (χ1) is 16.7. The molecule has 0 aromatic carbocycles. The van der Waals surface area contributed by atoms with Gasteiger partial charge in [-0.2, -0.15) is 5.26 Å². The fraction of sp³-hybridized carbons (Fsp3) is 0.806. The van der Waals surface area contributed by atoms with Gasteiger partial charge in [0.1, 0.15) is 11.9 Å². The van der Waals surface area contributed by atoms with Crippen LogP contribution in [0.2, 0.25) is 0 Å². The Morgan fingerprint density at radius 3 is 2.31 bits per heavy atom. The lowest BCUT2D eigenvalue weighted by atomic mass is 9.35. The van der Waals surface area contributed by atoms with E-state index in [0.717, 1.165) is 44.9 Å². The number of carbonyl (C=O) groups excluding carboxylic acids is 3. The maximum atomic E-state index is 14.2. The van der Waals surface area contributed by atoms with Crippen LogP contribution in [-0.4, -0.2) is 24.6 Å². The van der Waals surface area contributed by atoms with Crippen molar-refractivity contribution in [1.29, 1.82) is 5.26 Å². The molecule has 196 valence electrons. The lowest BCUT2D eigenvalue weighted by Crippen LogP contribution is -2.65. The minimum Gasteiger partial charge on any atom is -0.469 e. The molecule has 0 radical (unpaired) electrons. The average molecular weight is 494 g/mol. The molecule has 0 aromatic heterocycles. The van der Waals surface area contributed by atoms with Gasteiger partial charge in [-0.1, -0.05) is 47.6 Å². The molecule has 36 heavy (non-hydrogen) atoms. The molecule has 0 spiro atoms. The van der Waals surface area contributed by atoms with Crippen molar-refractivity contribution in [1.82, 2.24) is 0 Å². The fourth-order valence-electron chi connectivity index (χ4n) is 10.5. The van der Waals surface area contributed by atoms with Gasteiger partial charge in [-0.3, -0.25) is 14.4 Å². The Labute approximate surface area is 216 Å². The highest BCUT2D eigenvalue weighted by molar-refractivity contribution is 6.04. The number of carbonyl (C=O) groups is 3. The topological polar surface area (TPSA) is 84.2 Å². The summed E-state index contributed by atoms with van der Waals surface area (Å²) in [6.45, 7) is 13.1. The van der Waals surface area contributed by atoms with Gasteiger partial charge in [0.25, 0.3) is 0 Å².